The van der Waals surface area contributed by atoms with Crippen LogP contribution in [0.25, 0.3) is 0 Å². The standard InChI is InChI=1S/C12H16O7/c13-5-9(16)11(10(17)6-14)19-12(18)7-1-3-8(15)4-2-7/h1-4,9-11,13-17H,5-6H2/t9-,10+,11?. The molecule has 0 bridgehead atoms. The molecule has 1 aromatic rings. The molecule has 0 aliphatic carbocycles. The normalized spacial score (nSPS) is 15.6. The van der Waals surface area contributed by atoms with E-state index >= 15 is 0 Å². The summed E-state index contributed by atoms with van der Waals surface area (Å²) in [6.07, 6.45) is -4.47. The summed E-state index contributed by atoms with van der Waals surface area (Å²) in [5.74, 6) is -0.885. The molecule has 1 aromatic carbocycles. The van der Waals surface area contributed by atoms with Crippen molar-refractivity contribution in [3.63, 3.8) is 0 Å². The highest BCUT2D eigenvalue weighted by atomic mass is 16.6. The quantitative estimate of drug-likeness (QED) is 0.404. The monoisotopic (exact) mass is 272 g/mol. The van der Waals surface area contributed by atoms with Gasteiger partial charge < -0.3 is 30.3 Å². The van der Waals surface area contributed by atoms with Crippen molar-refractivity contribution in [3.8, 4) is 5.75 Å². The first-order valence-corrected chi connectivity index (χ1v) is 5.57. The van der Waals surface area contributed by atoms with E-state index in [0.29, 0.717) is 0 Å². The van der Waals surface area contributed by atoms with Crippen LogP contribution in [0.2, 0.25) is 0 Å². The maximum atomic E-state index is 11.7. The lowest BCUT2D eigenvalue weighted by atomic mass is 10.1. The van der Waals surface area contributed by atoms with Crippen molar-refractivity contribution in [1.82, 2.24) is 0 Å². The van der Waals surface area contributed by atoms with Crippen LogP contribution in [0.1, 0.15) is 10.4 Å². The summed E-state index contributed by atoms with van der Waals surface area (Å²) in [6.45, 7) is -1.46. The minimum Gasteiger partial charge on any atom is -0.508 e. The summed E-state index contributed by atoms with van der Waals surface area (Å²) in [5, 5.41) is 45.5. The fourth-order valence-corrected chi connectivity index (χ4v) is 1.41. The van der Waals surface area contributed by atoms with Crippen LogP contribution in [0.15, 0.2) is 24.3 Å². The van der Waals surface area contributed by atoms with Gasteiger partial charge in [-0.05, 0) is 24.3 Å². The number of carbonyl (C=O) groups is 1. The van der Waals surface area contributed by atoms with E-state index in [-0.39, 0.29) is 11.3 Å². The number of hydrogen-bond acceptors (Lipinski definition) is 7. The molecule has 0 saturated heterocycles. The van der Waals surface area contributed by atoms with Gasteiger partial charge in [-0.2, -0.15) is 0 Å². The number of ether oxygens (including phenoxy) is 1. The molecule has 0 saturated carbocycles. The lowest BCUT2D eigenvalue weighted by Gasteiger charge is -2.25. The molecule has 0 fully saturated rings. The lowest BCUT2D eigenvalue weighted by molar-refractivity contribution is -0.0991. The van der Waals surface area contributed by atoms with Crippen LogP contribution in [-0.2, 0) is 4.74 Å². The first kappa shape index (κ1) is 15.4. The highest BCUT2D eigenvalue weighted by molar-refractivity contribution is 5.89. The predicted molar refractivity (Wildman–Crippen MR) is 63.5 cm³/mol. The third-order valence-electron chi connectivity index (χ3n) is 2.48. The molecule has 0 heterocycles. The van der Waals surface area contributed by atoms with Gasteiger partial charge >= 0.3 is 5.97 Å². The van der Waals surface area contributed by atoms with Crippen LogP contribution in [0, 0.1) is 0 Å². The fraction of sp³-hybridized carbons (Fsp3) is 0.417. The number of hydrogen-bond donors (Lipinski definition) is 5. The molecule has 7 heteroatoms. The summed E-state index contributed by atoms with van der Waals surface area (Å²) in [7, 11) is 0. The number of phenols is 1. The molecule has 19 heavy (non-hydrogen) atoms. The van der Waals surface area contributed by atoms with Crippen LogP contribution in [-0.4, -0.2) is 63.0 Å². The third-order valence-corrected chi connectivity index (χ3v) is 2.48. The number of esters is 1. The molecule has 0 amide bonds. The van der Waals surface area contributed by atoms with Crippen LogP contribution < -0.4 is 0 Å². The van der Waals surface area contributed by atoms with Crippen molar-refractivity contribution < 1.29 is 35.1 Å². The Kier molecular flexibility index (Phi) is 5.71. The van der Waals surface area contributed by atoms with E-state index in [0.717, 1.165) is 0 Å². The SMILES string of the molecule is O=C(OC([C@H](O)CO)[C@@H](O)CO)c1ccc(O)cc1. The van der Waals surface area contributed by atoms with Crippen molar-refractivity contribution in [1.29, 1.82) is 0 Å². The zero-order valence-corrected chi connectivity index (χ0v) is 10.0. The molecule has 1 rings (SSSR count). The van der Waals surface area contributed by atoms with Gasteiger partial charge in [-0.1, -0.05) is 0 Å². The molecular weight excluding hydrogens is 256 g/mol. The maximum absolute atomic E-state index is 11.7. The minimum absolute atomic E-state index is 0.0288. The Morgan fingerprint density at radius 3 is 1.95 bits per heavy atom. The molecule has 0 aromatic heterocycles. The summed E-state index contributed by atoms with van der Waals surface area (Å²) in [6, 6.07) is 5.14. The van der Waals surface area contributed by atoms with Crippen molar-refractivity contribution in [2.45, 2.75) is 18.3 Å². The summed E-state index contributed by atoms with van der Waals surface area (Å²) < 4.78 is 4.84. The Morgan fingerprint density at radius 2 is 1.53 bits per heavy atom. The second-order valence-electron chi connectivity index (χ2n) is 3.92. The second kappa shape index (κ2) is 7.05. The first-order chi connectivity index (χ1) is 8.99. The zero-order chi connectivity index (χ0) is 14.4. The van der Waals surface area contributed by atoms with Gasteiger partial charge in [0.25, 0.3) is 0 Å². The Labute approximate surface area is 109 Å². The Morgan fingerprint density at radius 1 is 1.05 bits per heavy atom. The van der Waals surface area contributed by atoms with Gasteiger partial charge in [0, 0.05) is 0 Å². The van der Waals surface area contributed by atoms with E-state index in [9.17, 15) is 15.0 Å². The smallest absolute Gasteiger partial charge is 0.338 e. The minimum atomic E-state index is -1.51. The van der Waals surface area contributed by atoms with Crippen molar-refractivity contribution in [2.24, 2.45) is 0 Å². The highest BCUT2D eigenvalue weighted by Crippen LogP contribution is 2.13. The van der Waals surface area contributed by atoms with E-state index in [1.54, 1.807) is 0 Å². The van der Waals surface area contributed by atoms with Crippen LogP contribution in [0.4, 0.5) is 0 Å². The summed E-state index contributed by atoms with van der Waals surface area (Å²) in [5.41, 5.74) is 0.0954. The van der Waals surface area contributed by atoms with Gasteiger partial charge in [0.15, 0.2) is 6.10 Å². The third kappa shape index (κ3) is 4.18. The average molecular weight is 272 g/mol. The number of aliphatic hydroxyl groups is 4. The average Bonchev–Trinajstić information content (AvgIpc) is 2.43. The van der Waals surface area contributed by atoms with Crippen molar-refractivity contribution in [2.75, 3.05) is 13.2 Å². The van der Waals surface area contributed by atoms with Crippen molar-refractivity contribution >= 4 is 5.97 Å². The number of benzene rings is 1. The number of rotatable bonds is 6. The van der Waals surface area contributed by atoms with Crippen molar-refractivity contribution in [3.05, 3.63) is 29.8 Å². The molecule has 0 aliphatic rings. The Hall–Kier alpha value is -1.67. The second-order valence-corrected chi connectivity index (χ2v) is 3.92. The van der Waals surface area contributed by atoms with E-state index < -0.39 is 37.5 Å². The van der Waals surface area contributed by atoms with Gasteiger partial charge in [-0.25, -0.2) is 4.79 Å². The first-order valence-electron chi connectivity index (χ1n) is 5.57. The maximum Gasteiger partial charge on any atom is 0.338 e. The van der Waals surface area contributed by atoms with Gasteiger partial charge in [0.05, 0.1) is 18.8 Å². The molecule has 5 N–H and O–H groups in total. The lowest BCUT2D eigenvalue weighted by Crippen LogP contribution is -2.44. The van der Waals surface area contributed by atoms with E-state index in [2.05, 4.69) is 0 Å². The van der Waals surface area contributed by atoms with Crippen LogP contribution >= 0.6 is 0 Å². The van der Waals surface area contributed by atoms with Gasteiger partial charge in [-0.15, -0.1) is 0 Å². The molecular formula is C12H16O7. The Balaban J connectivity index is 2.78. The van der Waals surface area contributed by atoms with E-state index in [1.807, 2.05) is 0 Å². The predicted octanol–water partition coefficient (Wildman–Crippen LogP) is -1.38. The molecule has 106 valence electrons. The molecule has 1 unspecified atom stereocenters. The van der Waals surface area contributed by atoms with E-state index in [4.69, 9.17) is 20.1 Å². The van der Waals surface area contributed by atoms with Crippen LogP contribution in [0.5, 0.6) is 5.75 Å². The van der Waals surface area contributed by atoms with Gasteiger partial charge in [0.1, 0.15) is 18.0 Å². The molecule has 0 aliphatic heterocycles. The van der Waals surface area contributed by atoms with Gasteiger partial charge in [0.2, 0.25) is 0 Å². The number of carbonyl (C=O) groups excluding carboxylic acids is 1. The molecule has 0 spiro atoms. The van der Waals surface area contributed by atoms with E-state index in [1.165, 1.54) is 24.3 Å². The largest absolute Gasteiger partial charge is 0.508 e. The fourth-order valence-electron chi connectivity index (χ4n) is 1.41. The zero-order valence-electron chi connectivity index (χ0n) is 10.0. The summed E-state index contributed by atoms with van der Waals surface area (Å²) >= 11 is 0. The molecule has 3 atom stereocenters. The number of aliphatic hydroxyl groups excluding tert-OH is 4. The topological polar surface area (TPSA) is 127 Å². The highest BCUT2D eigenvalue weighted by Gasteiger charge is 2.30. The number of aromatic hydroxyl groups is 1. The molecule has 0 radical (unpaired) electrons. The summed E-state index contributed by atoms with van der Waals surface area (Å²) in [4.78, 5) is 11.7. The number of phenolic OH excluding ortho intramolecular Hbond substituents is 1. The Bertz CT molecular complexity index is 393. The van der Waals surface area contributed by atoms with Gasteiger partial charge in [-0.3, -0.25) is 0 Å². The molecule has 7 nitrogen and oxygen atoms in total. The van der Waals surface area contributed by atoms with Crippen LogP contribution in [0.3, 0.4) is 0 Å².